The number of benzene rings is 2. The summed E-state index contributed by atoms with van der Waals surface area (Å²) >= 11 is 5.51. The summed E-state index contributed by atoms with van der Waals surface area (Å²) in [6, 6.07) is 8.84. The Labute approximate surface area is 124 Å². The molecule has 1 heterocycles. The second kappa shape index (κ2) is 4.97. The lowest BCUT2D eigenvalue weighted by Crippen LogP contribution is -2.06. The minimum atomic E-state index is -0.837. The fourth-order valence-corrected chi connectivity index (χ4v) is 2.55. The van der Waals surface area contributed by atoms with E-state index in [1.165, 1.54) is 0 Å². The predicted molar refractivity (Wildman–Crippen MR) is 77.8 cm³/mol. The number of fused-ring (bicyclic) bond motifs is 1. The Morgan fingerprint density at radius 1 is 1.14 bits per heavy atom. The van der Waals surface area contributed by atoms with E-state index in [9.17, 15) is 13.6 Å². The molecule has 0 atom stereocenters. The van der Waals surface area contributed by atoms with Crippen LogP contribution in [0.2, 0.25) is 5.02 Å². The zero-order valence-corrected chi connectivity index (χ0v) is 11.8. The number of aromatic amines is 1. The van der Waals surface area contributed by atoms with Gasteiger partial charge in [-0.25, -0.2) is 8.78 Å². The highest BCUT2D eigenvalue weighted by atomic mass is 35.5. The van der Waals surface area contributed by atoms with Gasteiger partial charge in [0.15, 0.2) is 5.78 Å². The molecule has 0 amide bonds. The van der Waals surface area contributed by atoms with Crippen LogP contribution in [0.5, 0.6) is 0 Å². The Kier molecular flexibility index (Phi) is 3.26. The van der Waals surface area contributed by atoms with Crippen molar-refractivity contribution in [3.05, 3.63) is 69.9 Å². The second-order valence-electron chi connectivity index (χ2n) is 4.75. The van der Waals surface area contributed by atoms with Gasteiger partial charge in [-0.05, 0) is 25.1 Å². The molecule has 1 N–H and O–H groups in total. The van der Waals surface area contributed by atoms with Crippen LogP contribution in [-0.4, -0.2) is 10.8 Å². The van der Waals surface area contributed by atoms with Crippen LogP contribution in [0.1, 0.15) is 21.6 Å². The van der Waals surface area contributed by atoms with Crippen LogP contribution in [0.4, 0.5) is 8.78 Å². The number of aromatic nitrogens is 1. The van der Waals surface area contributed by atoms with Crippen LogP contribution >= 0.6 is 11.6 Å². The first-order valence-corrected chi connectivity index (χ1v) is 6.63. The van der Waals surface area contributed by atoms with E-state index in [4.69, 9.17) is 11.6 Å². The van der Waals surface area contributed by atoms with E-state index in [1.807, 2.05) is 12.1 Å². The van der Waals surface area contributed by atoms with Crippen molar-refractivity contribution in [1.82, 2.24) is 4.98 Å². The highest BCUT2D eigenvalue weighted by Gasteiger charge is 2.22. The number of carbonyl (C=O) groups excluding carboxylic acids is 1. The number of halogens is 3. The average Bonchev–Trinajstić information content (AvgIpc) is 2.78. The summed E-state index contributed by atoms with van der Waals surface area (Å²) in [6.45, 7) is 1.72. The SMILES string of the molecule is Cc1[nH]c2ccccc2c1C(=O)c1cc(F)c(Cl)cc1F. The molecule has 0 saturated heterocycles. The maximum absolute atomic E-state index is 13.9. The Hall–Kier alpha value is -2.20. The second-order valence-corrected chi connectivity index (χ2v) is 5.15. The van der Waals surface area contributed by atoms with Crippen LogP contribution in [0, 0.1) is 18.6 Å². The van der Waals surface area contributed by atoms with Gasteiger partial charge in [-0.3, -0.25) is 4.79 Å². The summed E-state index contributed by atoms with van der Waals surface area (Å²) in [5.41, 5.74) is 1.39. The van der Waals surface area contributed by atoms with Gasteiger partial charge in [-0.2, -0.15) is 0 Å². The molecule has 0 aliphatic heterocycles. The van der Waals surface area contributed by atoms with E-state index in [-0.39, 0.29) is 10.6 Å². The van der Waals surface area contributed by atoms with Crippen LogP contribution in [-0.2, 0) is 0 Å². The van der Waals surface area contributed by atoms with Gasteiger partial charge in [0.1, 0.15) is 11.6 Å². The molecule has 3 rings (SSSR count). The number of carbonyl (C=O) groups is 1. The molecule has 0 saturated carbocycles. The summed E-state index contributed by atoms with van der Waals surface area (Å²) in [4.78, 5) is 15.6. The van der Waals surface area contributed by atoms with Gasteiger partial charge >= 0.3 is 0 Å². The van der Waals surface area contributed by atoms with Crippen molar-refractivity contribution in [1.29, 1.82) is 0 Å². The van der Waals surface area contributed by atoms with Crippen molar-refractivity contribution < 1.29 is 13.6 Å². The van der Waals surface area contributed by atoms with Crippen molar-refractivity contribution in [3.8, 4) is 0 Å². The Balaban J connectivity index is 2.22. The molecule has 106 valence electrons. The molecule has 0 aliphatic rings. The lowest BCUT2D eigenvalue weighted by molar-refractivity contribution is 0.103. The number of aryl methyl sites for hydroxylation is 1. The molecule has 0 radical (unpaired) electrons. The fraction of sp³-hybridized carbons (Fsp3) is 0.0625. The van der Waals surface area contributed by atoms with Crippen molar-refractivity contribution in [2.24, 2.45) is 0 Å². The third-order valence-electron chi connectivity index (χ3n) is 3.38. The quantitative estimate of drug-likeness (QED) is 0.543. The van der Waals surface area contributed by atoms with Crippen LogP contribution in [0.25, 0.3) is 10.9 Å². The molecule has 0 fully saturated rings. The fourth-order valence-electron chi connectivity index (χ4n) is 2.40. The molecule has 2 nitrogen and oxygen atoms in total. The molecule has 2 aromatic carbocycles. The monoisotopic (exact) mass is 305 g/mol. The molecule has 0 bridgehead atoms. The number of rotatable bonds is 2. The molecule has 0 aliphatic carbocycles. The van der Waals surface area contributed by atoms with E-state index in [1.54, 1.807) is 19.1 Å². The number of hydrogen-bond acceptors (Lipinski definition) is 1. The highest BCUT2D eigenvalue weighted by Crippen LogP contribution is 2.27. The maximum Gasteiger partial charge on any atom is 0.198 e. The van der Waals surface area contributed by atoms with E-state index in [2.05, 4.69) is 4.98 Å². The minimum Gasteiger partial charge on any atom is -0.358 e. The van der Waals surface area contributed by atoms with Crippen LogP contribution in [0.3, 0.4) is 0 Å². The first-order chi connectivity index (χ1) is 9.99. The van der Waals surface area contributed by atoms with Crippen molar-refractivity contribution >= 4 is 28.3 Å². The smallest absolute Gasteiger partial charge is 0.198 e. The largest absolute Gasteiger partial charge is 0.358 e. The van der Waals surface area contributed by atoms with Gasteiger partial charge in [0.25, 0.3) is 0 Å². The number of nitrogens with one attached hydrogen (secondary N) is 1. The first kappa shape index (κ1) is 13.8. The zero-order chi connectivity index (χ0) is 15.1. The molecule has 3 aromatic rings. The van der Waals surface area contributed by atoms with Gasteiger partial charge in [-0.1, -0.05) is 29.8 Å². The number of H-pyrrole nitrogens is 1. The van der Waals surface area contributed by atoms with Gasteiger partial charge in [0.2, 0.25) is 0 Å². The third-order valence-corrected chi connectivity index (χ3v) is 3.66. The molecule has 0 unspecified atom stereocenters. The van der Waals surface area contributed by atoms with E-state index in [0.29, 0.717) is 16.6 Å². The van der Waals surface area contributed by atoms with Crippen molar-refractivity contribution in [3.63, 3.8) is 0 Å². The average molecular weight is 306 g/mol. The number of ketones is 1. The lowest BCUT2D eigenvalue weighted by atomic mass is 10.00. The van der Waals surface area contributed by atoms with E-state index in [0.717, 1.165) is 17.6 Å². The number of hydrogen-bond donors (Lipinski definition) is 1. The summed E-state index contributed by atoms with van der Waals surface area (Å²) in [7, 11) is 0. The lowest BCUT2D eigenvalue weighted by Gasteiger charge is -2.05. The topological polar surface area (TPSA) is 32.9 Å². The predicted octanol–water partition coefficient (Wildman–Crippen LogP) is 4.64. The molecule has 0 spiro atoms. The van der Waals surface area contributed by atoms with Crippen molar-refractivity contribution in [2.45, 2.75) is 6.92 Å². The Bertz CT molecular complexity index is 870. The van der Waals surface area contributed by atoms with Gasteiger partial charge in [0.05, 0.1) is 16.1 Å². The molecular weight excluding hydrogens is 296 g/mol. The van der Waals surface area contributed by atoms with Crippen molar-refractivity contribution in [2.75, 3.05) is 0 Å². The molecule has 21 heavy (non-hydrogen) atoms. The van der Waals surface area contributed by atoms with Crippen LogP contribution in [0.15, 0.2) is 36.4 Å². The Morgan fingerprint density at radius 2 is 1.86 bits per heavy atom. The summed E-state index contributed by atoms with van der Waals surface area (Å²) in [5.74, 6) is -2.23. The van der Waals surface area contributed by atoms with E-state index >= 15 is 0 Å². The molecule has 1 aromatic heterocycles. The molecule has 5 heteroatoms. The normalized spacial score (nSPS) is 11.0. The highest BCUT2D eigenvalue weighted by molar-refractivity contribution is 6.31. The Morgan fingerprint density at radius 3 is 2.62 bits per heavy atom. The third kappa shape index (κ3) is 2.21. The summed E-state index contributed by atoms with van der Waals surface area (Å²) in [5, 5.41) is 0.328. The van der Waals surface area contributed by atoms with Crippen LogP contribution < -0.4 is 0 Å². The van der Waals surface area contributed by atoms with Gasteiger partial charge < -0.3 is 4.98 Å². The standard InChI is InChI=1S/C16H10ClF2NO/c1-8-15(9-4-2-3-5-14(9)20-8)16(21)10-6-13(19)11(17)7-12(10)18/h2-7,20H,1H3. The first-order valence-electron chi connectivity index (χ1n) is 6.25. The van der Waals surface area contributed by atoms with E-state index < -0.39 is 17.4 Å². The summed E-state index contributed by atoms with van der Waals surface area (Å²) < 4.78 is 27.4. The minimum absolute atomic E-state index is 0.329. The van der Waals surface area contributed by atoms with Gasteiger partial charge in [-0.15, -0.1) is 0 Å². The maximum atomic E-state index is 13.9. The van der Waals surface area contributed by atoms with Gasteiger partial charge in [0, 0.05) is 16.6 Å². The molecular formula is C16H10ClF2NO. The zero-order valence-electron chi connectivity index (χ0n) is 11.0. The summed E-state index contributed by atoms with van der Waals surface area (Å²) in [6.07, 6.45) is 0. The number of para-hydroxylation sites is 1.